The highest BCUT2D eigenvalue weighted by atomic mass is 32.1. The summed E-state index contributed by atoms with van der Waals surface area (Å²) < 4.78 is 7.17. The Balaban J connectivity index is 0.867. The number of nitrogens with one attached hydrogen (secondary N) is 1. The normalized spacial score (nSPS) is 15.9. The van der Waals surface area contributed by atoms with Gasteiger partial charge < -0.3 is 14.5 Å². The Hall–Kier alpha value is -4.93. The average molecular weight is 688 g/mol. The van der Waals surface area contributed by atoms with Crippen molar-refractivity contribution in [2.75, 3.05) is 32.2 Å². The quantitative estimate of drug-likeness (QED) is 0.114. The van der Waals surface area contributed by atoms with Crippen molar-refractivity contribution < 1.29 is 19.1 Å². The first-order chi connectivity index (χ1) is 24.2. The van der Waals surface area contributed by atoms with Crippen molar-refractivity contribution >= 4 is 45.1 Å². The van der Waals surface area contributed by atoms with Crippen LogP contribution in [-0.2, 0) is 33.7 Å². The van der Waals surface area contributed by atoms with E-state index < -0.39 is 6.04 Å². The molecule has 0 spiro atoms. The zero-order chi connectivity index (χ0) is 34.8. The summed E-state index contributed by atoms with van der Waals surface area (Å²) >= 11 is 1.74. The average Bonchev–Trinajstić information content (AvgIpc) is 3.67. The molecular formula is C40H41N5O4S. The molecule has 2 aliphatic heterocycles. The molecule has 7 rings (SSSR count). The van der Waals surface area contributed by atoms with Gasteiger partial charge in [0.15, 0.2) is 0 Å². The van der Waals surface area contributed by atoms with Gasteiger partial charge in [0.2, 0.25) is 11.8 Å². The molecule has 256 valence electrons. The number of amides is 3. The fourth-order valence-corrected chi connectivity index (χ4v) is 7.91. The van der Waals surface area contributed by atoms with Crippen molar-refractivity contribution in [2.24, 2.45) is 0 Å². The summed E-state index contributed by atoms with van der Waals surface area (Å²) in [5.74, 6) is 0.143. The van der Waals surface area contributed by atoms with Crippen LogP contribution in [0.25, 0.3) is 31.9 Å². The number of nitrogens with zero attached hydrogens (tertiary/aromatic N) is 4. The van der Waals surface area contributed by atoms with E-state index in [0.29, 0.717) is 31.7 Å². The Labute approximate surface area is 296 Å². The Morgan fingerprint density at radius 3 is 2.36 bits per heavy atom. The third-order valence-corrected chi connectivity index (χ3v) is 10.6. The number of hydrogen-bond donors (Lipinski definition) is 1. The molecule has 1 atom stereocenters. The van der Waals surface area contributed by atoms with Crippen molar-refractivity contribution in [3.05, 3.63) is 101 Å². The van der Waals surface area contributed by atoms with E-state index in [4.69, 9.17) is 9.72 Å². The molecule has 0 bridgehead atoms. The van der Waals surface area contributed by atoms with E-state index in [0.717, 1.165) is 69.8 Å². The second-order valence-corrected chi connectivity index (χ2v) is 14.4. The van der Waals surface area contributed by atoms with Crippen molar-refractivity contribution in [1.82, 2.24) is 20.2 Å². The molecule has 9 nitrogen and oxygen atoms in total. The number of benzene rings is 3. The molecule has 1 saturated heterocycles. The molecule has 2 aromatic heterocycles. The van der Waals surface area contributed by atoms with Crippen molar-refractivity contribution in [1.29, 1.82) is 0 Å². The number of aromatic nitrogens is 2. The standard InChI is InChI=1S/C40H41N5O4S/c1-25-20-28(29-11-16-36(41-23-29)44(2)3)10-13-31(25)39-42-33-14-9-27(22-35(33)50-39)7-5-19-49-18-4-6-26-8-12-32-30(21-26)24-45(40(32)48)34-15-17-37(46)43-38(34)47/h8-14,16,20-23,34H,4-7,15,17-19,24H2,1-3H3,(H,43,46,47). The number of pyridine rings is 1. The zero-order valence-electron chi connectivity index (χ0n) is 28.7. The topological polar surface area (TPSA) is 105 Å². The maximum Gasteiger partial charge on any atom is 0.255 e. The molecule has 1 N–H and O–H groups in total. The van der Waals surface area contributed by atoms with Crippen LogP contribution in [0.15, 0.2) is 72.9 Å². The first-order valence-electron chi connectivity index (χ1n) is 17.2. The lowest BCUT2D eigenvalue weighted by Crippen LogP contribution is -2.52. The number of ether oxygens (including phenoxy) is 1. The summed E-state index contributed by atoms with van der Waals surface area (Å²) in [5.41, 5.74) is 9.65. The number of carbonyl (C=O) groups is 3. The molecule has 3 aromatic carbocycles. The third kappa shape index (κ3) is 7.18. The Morgan fingerprint density at radius 2 is 1.64 bits per heavy atom. The molecule has 0 radical (unpaired) electrons. The minimum absolute atomic E-state index is 0.139. The van der Waals surface area contributed by atoms with Gasteiger partial charge in [0, 0.05) is 63.2 Å². The first kappa shape index (κ1) is 33.6. The highest BCUT2D eigenvalue weighted by Crippen LogP contribution is 2.35. The van der Waals surface area contributed by atoms with Crippen LogP contribution in [0.5, 0.6) is 0 Å². The van der Waals surface area contributed by atoms with Gasteiger partial charge in [-0.15, -0.1) is 11.3 Å². The van der Waals surface area contributed by atoms with Crippen LogP contribution in [0.2, 0.25) is 0 Å². The van der Waals surface area contributed by atoms with E-state index in [-0.39, 0.29) is 24.1 Å². The van der Waals surface area contributed by atoms with Gasteiger partial charge in [-0.25, -0.2) is 9.97 Å². The molecule has 1 fully saturated rings. The van der Waals surface area contributed by atoms with Gasteiger partial charge in [-0.05, 0) is 97.2 Å². The van der Waals surface area contributed by atoms with E-state index in [2.05, 4.69) is 65.8 Å². The molecule has 2 aliphatic rings. The van der Waals surface area contributed by atoms with E-state index >= 15 is 0 Å². The van der Waals surface area contributed by atoms with Crippen LogP contribution in [0.1, 0.15) is 58.3 Å². The van der Waals surface area contributed by atoms with Crippen LogP contribution in [0.3, 0.4) is 0 Å². The van der Waals surface area contributed by atoms with Crippen LogP contribution in [0, 0.1) is 6.92 Å². The summed E-state index contributed by atoms with van der Waals surface area (Å²) in [7, 11) is 3.99. The molecule has 5 aromatic rings. The van der Waals surface area contributed by atoms with Gasteiger partial charge in [-0.2, -0.15) is 0 Å². The molecule has 4 heterocycles. The lowest BCUT2D eigenvalue weighted by atomic mass is 10.0. The molecular weight excluding hydrogens is 647 g/mol. The van der Waals surface area contributed by atoms with Gasteiger partial charge in [0.05, 0.1) is 10.2 Å². The second kappa shape index (κ2) is 14.5. The summed E-state index contributed by atoms with van der Waals surface area (Å²) in [6, 6.07) is 22.6. The summed E-state index contributed by atoms with van der Waals surface area (Å²) in [5, 5.41) is 3.39. The molecule has 50 heavy (non-hydrogen) atoms. The predicted octanol–water partition coefficient (Wildman–Crippen LogP) is 6.74. The van der Waals surface area contributed by atoms with E-state index in [9.17, 15) is 14.4 Å². The maximum absolute atomic E-state index is 12.9. The van der Waals surface area contributed by atoms with Crippen molar-refractivity contribution in [3.63, 3.8) is 0 Å². The summed E-state index contributed by atoms with van der Waals surface area (Å²) in [6.45, 7) is 3.92. The summed E-state index contributed by atoms with van der Waals surface area (Å²) in [6.07, 6.45) is 6.19. The summed E-state index contributed by atoms with van der Waals surface area (Å²) in [4.78, 5) is 49.9. The zero-order valence-corrected chi connectivity index (χ0v) is 29.5. The number of piperidine rings is 1. The molecule has 0 aliphatic carbocycles. The number of rotatable bonds is 12. The number of aryl methyl sites for hydroxylation is 3. The van der Waals surface area contributed by atoms with E-state index in [1.807, 2.05) is 43.4 Å². The number of thiazole rings is 1. The fourth-order valence-electron chi connectivity index (χ4n) is 6.79. The number of anilines is 1. The number of imide groups is 1. The fraction of sp³-hybridized carbons (Fsp3) is 0.325. The van der Waals surface area contributed by atoms with E-state index in [1.165, 1.54) is 15.8 Å². The molecule has 1 unspecified atom stereocenters. The van der Waals surface area contributed by atoms with Gasteiger partial charge >= 0.3 is 0 Å². The molecule has 0 saturated carbocycles. The van der Waals surface area contributed by atoms with Crippen LogP contribution in [-0.4, -0.2) is 65.9 Å². The Kier molecular flexibility index (Phi) is 9.74. The molecule has 3 amide bonds. The van der Waals surface area contributed by atoms with E-state index in [1.54, 1.807) is 16.2 Å². The third-order valence-electron chi connectivity index (χ3n) is 9.55. The Bertz CT molecular complexity index is 2070. The van der Waals surface area contributed by atoms with Crippen LogP contribution in [0.4, 0.5) is 5.82 Å². The van der Waals surface area contributed by atoms with Gasteiger partial charge in [0.1, 0.15) is 16.9 Å². The highest BCUT2D eigenvalue weighted by molar-refractivity contribution is 7.21. The van der Waals surface area contributed by atoms with Crippen LogP contribution < -0.4 is 10.2 Å². The first-order valence-corrected chi connectivity index (χ1v) is 18.0. The number of hydrogen-bond acceptors (Lipinski definition) is 8. The minimum Gasteiger partial charge on any atom is -0.381 e. The predicted molar refractivity (Wildman–Crippen MR) is 197 cm³/mol. The molecule has 10 heteroatoms. The van der Waals surface area contributed by atoms with Crippen molar-refractivity contribution in [3.8, 4) is 21.7 Å². The van der Waals surface area contributed by atoms with Crippen molar-refractivity contribution in [2.45, 2.75) is 58.0 Å². The maximum atomic E-state index is 12.9. The SMILES string of the molecule is Cc1cc(-c2ccc(N(C)C)nc2)ccc1-c1nc2ccc(CCCOCCCc3ccc4c(c3)CN(C3CCC(=O)NC3=O)C4=O)cc2s1. The highest BCUT2D eigenvalue weighted by Gasteiger charge is 2.39. The smallest absolute Gasteiger partial charge is 0.255 e. The lowest BCUT2D eigenvalue weighted by Gasteiger charge is -2.29. The largest absolute Gasteiger partial charge is 0.381 e. The second-order valence-electron chi connectivity index (χ2n) is 13.4. The monoisotopic (exact) mass is 687 g/mol. The minimum atomic E-state index is -0.588. The lowest BCUT2D eigenvalue weighted by molar-refractivity contribution is -0.136. The van der Waals surface area contributed by atoms with Gasteiger partial charge in [0.25, 0.3) is 5.91 Å². The van der Waals surface area contributed by atoms with Crippen LogP contribution >= 0.6 is 11.3 Å². The number of fused-ring (bicyclic) bond motifs is 2. The van der Waals surface area contributed by atoms with Gasteiger partial charge in [-0.3, -0.25) is 19.7 Å². The van der Waals surface area contributed by atoms with Gasteiger partial charge in [-0.1, -0.05) is 36.4 Å². The number of carbonyl (C=O) groups excluding carboxylic acids is 3. The Morgan fingerprint density at radius 1 is 0.900 bits per heavy atom.